The van der Waals surface area contributed by atoms with Gasteiger partial charge in [-0.05, 0) is 61.1 Å². The van der Waals surface area contributed by atoms with Crippen LogP contribution in [0.25, 0.3) is 0 Å². The van der Waals surface area contributed by atoms with Crippen LogP contribution in [-0.2, 0) is 19.7 Å². The van der Waals surface area contributed by atoms with Crippen LogP contribution in [0, 0.1) is 17.8 Å². The zero-order valence-corrected chi connectivity index (χ0v) is 15.6. The van der Waals surface area contributed by atoms with Crippen molar-refractivity contribution < 1.29 is 14.3 Å². The van der Waals surface area contributed by atoms with Crippen molar-refractivity contribution >= 4 is 23.2 Å². The first kappa shape index (κ1) is 17.5. The van der Waals surface area contributed by atoms with Crippen LogP contribution >= 0.6 is 0 Å². The first-order valence-corrected chi connectivity index (χ1v) is 9.81. The van der Waals surface area contributed by atoms with Gasteiger partial charge < -0.3 is 15.4 Å². The van der Waals surface area contributed by atoms with E-state index in [-0.39, 0.29) is 11.8 Å². The first-order chi connectivity index (χ1) is 12.5. The van der Waals surface area contributed by atoms with Gasteiger partial charge in [0.15, 0.2) is 0 Å². The van der Waals surface area contributed by atoms with E-state index in [1.807, 2.05) is 18.2 Å². The third-order valence-corrected chi connectivity index (χ3v) is 6.57. The summed E-state index contributed by atoms with van der Waals surface area (Å²) in [6, 6.07) is 5.81. The topological polar surface area (TPSA) is 67.4 Å². The summed E-state index contributed by atoms with van der Waals surface area (Å²) in [6.45, 7) is 5.67. The number of nitrogens with one attached hydrogen (secondary N) is 2. The SMILES string of the molecule is CC1CC(C(C)CC(=O)Nc2ccc3c(c2)NC(=O)C32CCOCC2)C1. The molecule has 2 N–H and O–H groups in total. The van der Waals surface area contributed by atoms with Crippen LogP contribution in [0.3, 0.4) is 0 Å². The van der Waals surface area contributed by atoms with Crippen molar-refractivity contribution in [3.63, 3.8) is 0 Å². The Labute approximate surface area is 154 Å². The molecule has 5 nitrogen and oxygen atoms in total. The Hall–Kier alpha value is -1.88. The molecule has 2 aliphatic heterocycles. The molecule has 1 saturated heterocycles. The highest BCUT2D eigenvalue weighted by atomic mass is 16.5. The number of anilines is 2. The lowest BCUT2D eigenvalue weighted by atomic mass is 9.69. The first-order valence-electron chi connectivity index (χ1n) is 9.81. The second-order valence-electron chi connectivity index (χ2n) is 8.48. The van der Waals surface area contributed by atoms with E-state index in [2.05, 4.69) is 24.5 Å². The number of fused-ring (bicyclic) bond motifs is 2. The Balaban J connectivity index is 1.42. The molecule has 2 fully saturated rings. The molecule has 1 aromatic rings. The average Bonchev–Trinajstić information content (AvgIpc) is 2.84. The van der Waals surface area contributed by atoms with Gasteiger partial charge in [0, 0.05) is 31.0 Å². The number of benzene rings is 1. The summed E-state index contributed by atoms with van der Waals surface area (Å²) < 4.78 is 5.44. The zero-order valence-electron chi connectivity index (χ0n) is 15.6. The molecule has 5 heteroatoms. The molecule has 2 heterocycles. The van der Waals surface area contributed by atoms with Gasteiger partial charge in [0.2, 0.25) is 11.8 Å². The van der Waals surface area contributed by atoms with Gasteiger partial charge in [-0.1, -0.05) is 19.9 Å². The second kappa shape index (κ2) is 6.69. The van der Waals surface area contributed by atoms with E-state index in [0.29, 0.717) is 31.5 Å². The summed E-state index contributed by atoms with van der Waals surface area (Å²) in [5, 5.41) is 6.02. The highest BCUT2D eigenvalue weighted by Crippen LogP contribution is 2.45. The van der Waals surface area contributed by atoms with E-state index in [0.717, 1.165) is 35.7 Å². The van der Waals surface area contributed by atoms with Crippen LogP contribution < -0.4 is 10.6 Å². The lowest BCUT2D eigenvalue weighted by Gasteiger charge is -2.37. The quantitative estimate of drug-likeness (QED) is 0.864. The second-order valence-corrected chi connectivity index (χ2v) is 8.48. The summed E-state index contributed by atoms with van der Waals surface area (Å²) in [7, 11) is 0. The maximum atomic E-state index is 12.6. The largest absolute Gasteiger partial charge is 0.381 e. The molecule has 1 spiro atoms. The number of ether oxygens (including phenoxy) is 1. The third kappa shape index (κ3) is 3.02. The molecule has 0 aromatic heterocycles. The Morgan fingerprint density at radius 3 is 2.77 bits per heavy atom. The van der Waals surface area contributed by atoms with Gasteiger partial charge in [-0.15, -0.1) is 0 Å². The normalized spacial score (nSPS) is 27.4. The Kier molecular flexibility index (Phi) is 4.51. The number of rotatable bonds is 4. The summed E-state index contributed by atoms with van der Waals surface area (Å²) >= 11 is 0. The minimum Gasteiger partial charge on any atom is -0.381 e. The van der Waals surface area contributed by atoms with E-state index in [1.165, 1.54) is 12.8 Å². The molecule has 1 unspecified atom stereocenters. The lowest BCUT2D eigenvalue weighted by molar-refractivity contribution is -0.124. The molecule has 0 radical (unpaired) electrons. The molecule has 1 aliphatic carbocycles. The van der Waals surface area contributed by atoms with E-state index >= 15 is 0 Å². The van der Waals surface area contributed by atoms with Crippen molar-refractivity contribution in [1.82, 2.24) is 0 Å². The molecule has 1 atom stereocenters. The molecule has 4 rings (SSSR count). The Morgan fingerprint density at radius 2 is 2.08 bits per heavy atom. The van der Waals surface area contributed by atoms with Crippen LogP contribution in [0.2, 0.25) is 0 Å². The summed E-state index contributed by atoms with van der Waals surface area (Å²) in [5.74, 6) is 2.03. The van der Waals surface area contributed by atoms with Crippen LogP contribution in [0.15, 0.2) is 18.2 Å². The standard InChI is InChI=1S/C21H28N2O3/c1-13-9-15(10-13)14(2)11-19(24)22-16-3-4-17-18(12-16)23-20(25)21(17)5-7-26-8-6-21/h3-4,12-15H,5-11H2,1-2H3,(H,22,24)(H,23,25). The van der Waals surface area contributed by atoms with E-state index in [4.69, 9.17) is 4.74 Å². The maximum Gasteiger partial charge on any atom is 0.235 e. The monoisotopic (exact) mass is 356 g/mol. The minimum absolute atomic E-state index is 0.0575. The number of carbonyl (C=O) groups excluding carboxylic acids is 2. The number of hydrogen-bond donors (Lipinski definition) is 2. The fraction of sp³-hybridized carbons (Fsp3) is 0.619. The molecule has 1 saturated carbocycles. The molecule has 2 amide bonds. The van der Waals surface area contributed by atoms with Gasteiger partial charge >= 0.3 is 0 Å². The molecule has 26 heavy (non-hydrogen) atoms. The molecular formula is C21H28N2O3. The van der Waals surface area contributed by atoms with Gasteiger partial charge in [-0.2, -0.15) is 0 Å². The predicted octanol–water partition coefficient (Wildman–Crippen LogP) is 3.70. The fourth-order valence-corrected chi connectivity index (χ4v) is 4.82. The molecular weight excluding hydrogens is 328 g/mol. The maximum absolute atomic E-state index is 12.6. The average molecular weight is 356 g/mol. The van der Waals surface area contributed by atoms with Crippen molar-refractivity contribution in [2.75, 3.05) is 23.8 Å². The van der Waals surface area contributed by atoms with E-state index in [9.17, 15) is 9.59 Å². The summed E-state index contributed by atoms with van der Waals surface area (Å²) in [4.78, 5) is 25.0. The Morgan fingerprint density at radius 1 is 1.35 bits per heavy atom. The van der Waals surface area contributed by atoms with Crippen LogP contribution in [0.1, 0.15) is 51.5 Å². The smallest absolute Gasteiger partial charge is 0.235 e. The molecule has 1 aromatic carbocycles. The molecule has 3 aliphatic rings. The predicted molar refractivity (Wildman–Crippen MR) is 101 cm³/mol. The van der Waals surface area contributed by atoms with Gasteiger partial charge in [0.1, 0.15) is 0 Å². The minimum atomic E-state index is -0.453. The third-order valence-electron chi connectivity index (χ3n) is 6.57. The summed E-state index contributed by atoms with van der Waals surface area (Å²) in [6.07, 6.45) is 4.47. The van der Waals surface area contributed by atoms with Crippen molar-refractivity contribution in [2.24, 2.45) is 17.8 Å². The van der Waals surface area contributed by atoms with E-state index in [1.54, 1.807) is 0 Å². The number of carbonyl (C=O) groups is 2. The Bertz CT molecular complexity index is 718. The zero-order chi connectivity index (χ0) is 18.3. The molecule has 140 valence electrons. The van der Waals surface area contributed by atoms with Crippen LogP contribution in [0.5, 0.6) is 0 Å². The highest BCUT2D eigenvalue weighted by molar-refractivity contribution is 6.07. The van der Waals surface area contributed by atoms with E-state index < -0.39 is 5.41 Å². The van der Waals surface area contributed by atoms with Gasteiger partial charge in [-0.3, -0.25) is 9.59 Å². The van der Waals surface area contributed by atoms with Gasteiger partial charge in [0.25, 0.3) is 0 Å². The van der Waals surface area contributed by atoms with Gasteiger partial charge in [0.05, 0.1) is 5.41 Å². The summed E-state index contributed by atoms with van der Waals surface area (Å²) in [5.41, 5.74) is 2.18. The van der Waals surface area contributed by atoms with Crippen molar-refractivity contribution in [3.05, 3.63) is 23.8 Å². The van der Waals surface area contributed by atoms with Crippen molar-refractivity contribution in [1.29, 1.82) is 0 Å². The number of amides is 2. The van der Waals surface area contributed by atoms with Crippen LogP contribution in [0.4, 0.5) is 11.4 Å². The van der Waals surface area contributed by atoms with Gasteiger partial charge in [-0.25, -0.2) is 0 Å². The van der Waals surface area contributed by atoms with Crippen LogP contribution in [-0.4, -0.2) is 25.0 Å². The fourth-order valence-electron chi connectivity index (χ4n) is 4.82. The highest BCUT2D eigenvalue weighted by Gasteiger charge is 2.47. The molecule has 0 bridgehead atoms. The lowest BCUT2D eigenvalue weighted by Crippen LogP contribution is -2.39. The van der Waals surface area contributed by atoms with Crippen molar-refractivity contribution in [3.8, 4) is 0 Å². The number of hydrogen-bond acceptors (Lipinski definition) is 3. The van der Waals surface area contributed by atoms with Crippen molar-refractivity contribution in [2.45, 2.75) is 51.4 Å².